The third-order valence-electron chi connectivity index (χ3n) is 4.34. The van der Waals surface area contributed by atoms with Gasteiger partial charge in [0.2, 0.25) is 0 Å². The summed E-state index contributed by atoms with van der Waals surface area (Å²) < 4.78 is 39.3. The van der Waals surface area contributed by atoms with Gasteiger partial charge in [-0.25, -0.2) is 0 Å². The summed E-state index contributed by atoms with van der Waals surface area (Å²) in [4.78, 5) is 0. The fourth-order valence-electron chi connectivity index (χ4n) is 3.25. The molecule has 0 amide bonds. The summed E-state index contributed by atoms with van der Waals surface area (Å²) in [5.41, 5.74) is -0.416. The van der Waals surface area contributed by atoms with Crippen LogP contribution >= 0.6 is 11.6 Å². The van der Waals surface area contributed by atoms with Crippen LogP contribution in [0.5, 0.6) is 0 Å². The minimum absolute atomic E-state index is 0.0169. The van der Waals surface area contributed by atoms with E-state index in [9.17, 15) is 13.2 Å². The van der Waals surface area contributed by atoms with Gasteiger partial charge in [-0.15, -0.1) is 0 Å². The minimum Gasteiger partial charge on any atom is -0.380 e. The van der Waals surface area contributed by atoms with E-state index in [1.165, 1.54) is 12.1 Å². The minimum atomic E-state index is -4.40. The third-order valence-corrected chi connectivity index (χ3v) is 4.66. The molecule has 0 bridgehead atoms. The van der Waals surface area contributed by atoms with Gasteiger partial charge in [0, 0.05) is 6.04 Å². The second kappa shape index (κ2) is 5.71. The second-order valence-corrected chi connectivity index (χ2v) is 7.20. The number of hydrogen-bond acceptors (Lipinski definition) is 1. The number of hydrogen-bond donors (Lipinski definition) is 1. The van der Waals surface area contributed by atoms with E-state index >= 15 is 0 Å². The maximum Gasteiger partial charge on any atom is 0.418 e. The fraction of sp³-hybridized carbons (Fsp3) is 0.625. The van der Waals surface area contributed by atoms with E-state index < -0.39 is 11.7 Å². The molecule has 1 aromatic rings. The molecule has 21 heavy (non-hydrogen) atoms. The lowest BCUT2D eigenvalue weighted by Gasteiger charge is -2.40. The van der Waals surface area contributed by atoms with Crippen LogP contribution in [0.25, 0.3) is 0 Å². The summed E-state index contributed by atoms with van der Waals surface area (Å²) in [7, 11) is 0. The van der Waals surface area contributed by atoms with Crippen molar-refractivity contribution >= 4 is 17.3 Å². The molecule has 118 valence electrons. The van der Waals surface area contributed by atoms with E-state index in [0.29, 0.717) is 5.92 Å². The van der Waals surface area contributed by atoms with Crippen LogP contribution in [0.15, 0.2) is 18.2 Å². The Morgan fingerprint density at radius 3 is 2.52 bits per heavy atom. The summed E-state index contributed by atoms with van der Waals surface area (Å²) in [5, 5.41) is 3.19. The normalized spacial score (nSPS) is 25.7. The zero-order valence-electron chi connectivity index (χ0n) is 12.5. The van der Waals surface area contributed by atoms with Crippen molar-refractivity contribution in [2.24, 2.45) is 11.3 Å². The maximum absolute atomic E-state index is 13.1. The molecule has 2 rings (SSSR count). The molecule has 0 aliphatic heterocycles. The first-order chi connectivity index (χ1) is 9.60. The quantitative estimate of drug-likeness (QED) is 0.706. The predicted octanol–water partition coefficient (Wildman–Crippen LogP) is 5.99. The molecule has 1 aromatic carbocycles. The van der Waals surface area contributed by atoms with E-state index in [4.69, 9.17) is 11.6 Å². The molecule has 2 atom stereocenters. The van der Waals surface area contributed by atoms with Crippen LogP contribution < -0.4 is 5.32 Å². The topological polar surface area (TPSA) is 12.0 Å². The monoisotopic (exact) mass is 319 g/mol. The predicted molar refractivity (Wildman–Crippen MR) is 80.7 cm³/mol. The average Bonchev–Trinajstić information content (AvgIpc) is 2.32. The third kappa shape index (κ3) is 3.85. The number of benzene rings is 1. The van der Waals surface area contributed by atoms with Crippen LogP contribution in [0.1, 0.15) is 45.6 Å². The molecule has 1 aliphatic rings. The van der Waals surface area contributed by atoms with Crippen molar-refractivity contribution < 1.29 is 13.2 Å². The van der Waals surface area contributed by atoms with Crippen molar-refractivity contribution in [1.29, 1.82) is 0 Å². The zero-order valence-corrected chi connectivity index (χ0v) is 13.3. The van der Waals surface area contributed by atoms with Crippen molar-refractivity contribution in [3.8, 4) is 0 Å². The van der Waals surface area contributed by atoms with Crippen molar-refractivity contribution in [2.75, 3.05) is 5.32 Å². The van der Waals surface area contributed by atoms with Crippen molar-refractivity contribution in [3.05, 3.63) is 28.8 Å². The molecular formula is C16H21ClF3N. The molecule has 2 unspecified atom stereocenters. The average molecular weight is 320 g/mol. The van der Waals surface area contributed by atoms with Crippen molar-refractivity contribution in [2.45, 2.75) is 52.3 Å². The fourth-order valence-corrected chi connectivity index (χ4v) is 3.48. The van der Waals surface area contributed by atoms with E-state index in [2.05, 4.69) is 26.1 Å². The maximum atomic E-state index is 13.1. The van der Waals surface area contributed by atoms with Crippen LogP contribution in [0.2, 0.25) is 5.02 Å². The van der Waals surface area contributed by atoms with E-state index in [1.807, 2.05) is 0 Å². The van der Waals surface area contributed by atoms with Gasteiger partial charge in [0.1, 0.15) is 0 Å². The Morgan fingerprint density at radius 1 is 1.29 bits per heavy atom. The molecule has 5 heteroatoms. The summed E-state index contributed by atoms with van der Waals surface area (Å²) in [6.07, 6.45) is -1.54. The second-order valence-electron chi connectivity index (χ2n) is 6.80. The number of halogens is 4. The largest absolute Gasteiger partial charge is 0.418 e. The van der Waals surface area contributed by atoms with Crippen molar-refractivity contribution in [3.63, 3.8) is 0 Å². The Balaban J connectivity index is 2.24. The SMILES string of the molecule is CC1CC(C)(C)CCC1Nc1c(Cl)cccc1C(F)(F)F. The Bertz CT molecular complexity index is 511. The van der Waals surface area contributed by atoms with Crippen LogP contribution in [-0.4, -0.2) is 6.04 Å². The number of alkyl halides is 3. The zero-order chi connectivity index (χ0) is 15.8. The van der Waals surface area contributed by atoms with Gasteiger partial charge in [-0.1, -0.05) is 38.4 Å². The lowest BCUT2D eigenvalue weighted by atomic mass is 9.70. The highest BCUT2D eigenvalue weighted by Crippen LogP contribution is 2.43. The molecule has 1 aliphatic carbocycles. The molecular weight excluding hydrogens is 299 g/mol. The Labute approximate surface area is 128 Å². The van der Waals surface area contributed by atoms with Gasteiger partial charge in [-0.05, 0) is 42.7 Å². The highest BCUT2D eigenvalue weighted by Gasteiger charge is 2.37. The summed E-state index contributed by atoms with van der Waals surface area (Å²) in [6.45, 7) is 6.50. The van der Waals surface area contributed by atoms with Gasteiger partial charge in [0.25, 0.3) is 0 Å². The van der Waals surface area contributed by atoms with Crippen LogP contribution in [0.4, 0.5) is 18.9 Å². The first-order valence-electron chi connectivity index (χ1n) is 7.22. The summed E-state index contributed by atoms with van der Waals surface area (Å²) >= 11 is 6.00. The Kier molecular flexibility index (Phi) is 4.48. The molecule has 1 fully saturated rings. The standard InChI is InChI=1S/C16H21ClF3N/c1-10-9-15(2,3)8-7-13(10)21-14-11(16(18,19)20)5-4-6-12(14)17/h4-6,10,13,21H,7-9H2,1-3H3. The van der Waals surface area contributed by atoms with Crippen molar-refractivity contribution in [1.82, 2.24) is 0 Å². The molecule has 0 aromatic heterocycles. The van der Waals surface area contributed by atoms with E-state index in [1.54, 1.807) is 0 Å². The molecule has 1 N–H and O–H groups in total. The highest BCUT2D eigenvalue weighted by molar-refractivity contribution is 6.33. The number of para-hydroxylation sites is 1. The summed E-state index contributed by atoms with van der Waals surface area (Å²) in [6, 6.07) is 3.94. The number of anilines is 1. The van der Waals surface area contributed by atoms with Gasteiger partial charge >= 0.3 is 6.18 Å². The number of nitrogens with one attached hydrogen (secondary N) is 1. The molecule has 0 radical (unpaired) electrons. The number of rotatable bonds is 2. The van der Waals surface area contributed by atoms with E-state index in [-0.39, 0.29) is 22.2 Å². The lowest BCUT2D eigenvalue weighted by Crippen LogP contribution is -2.37. The van der Waals surface area contributed by atoms with Gasteiger partial charge in [0.05, 0.1) is 16.3 Å². The van der Waals surface area contributed by atoms with Crippen LogP contribution in [-0.2, 0) is 6.18 Å². The van der Waals surface area contributed by atoms with Crippen LogP contribution in [0.3, 0.4) is 0 Å². The first-order valence-corrected chi connectivity index (χ1v) is 7.60. The van der Waals surface area contributed by atoms with Gasteiger partial charge in [-0.2, -0.15) is 13.2 Å². The molecule has 0 spiro atoms. The highest BCUT2D eigenvalue weighted by atomic mass is 35.5. The molecule has 0 saturated heterocycles. The van der Waals surface area contributed by atoms with E-state index in [0.717, 1.165) is 25.3 Å². The summed E-state index contributed by atoms with van der Waals surface area (Å²) in [5.74, 6) is 0.311. The Hall–Kier alpha value is -0.900. The van der Waals surface area contributed by atoms with Gasteiger partial charge in [0.15, 0.2) is 0 Å². The molecule has 1 nitrogen and oxygen atoms in total. The Morgan fingerprint density at radius 2 is 1.95 bits per heavy atom. The van der Waals surface area contributed by atoms with Gasteiger partial charge < -0.3 is 5.32 Å². The van der Waals surface area contributed by atoms with Gasteiger partial charge in [-0.3, -0.25) is 0 Å². The lowest BCUT2D eigenvalue weighted by molar-refractivity contribution is -0.137. The molecule has 0 heterocycles. The van der Waals surface area contributed by atoms with Crippen LogP contribution in [0, 0.1) is 11.3 Å². The molecule has 1 saturated carbocycles. The first kappa shape index (κ1) is 16.5. The smallest absolute Gasteiger partial charge is 0.380 e.